The van der Waals surface area contributed by atoms with Crippen LogP contribution in [0.25, 0.3) is 0 Å². The largest absolute Gasteiger partial charge is 0.726 e. The van der Waals surface area contributed by atoms with Gasteiger partial charge in [-0.3, -0.25) is 8.74 Å². The van der Waals surface area contributed by atoms with E-state index in [2.05, 4.69) is 8.37 Å². The molecule has 19 heteroatoms. The van der Waals surface area contributed by atoms with Crippen molar-refractivity contribution in [1.82, 2.24) is 0 Å². The van der Waals surface area contributed by atoms with Gasteiger partial charge in [0.25, 0.3) is 0 Å². The third kappa shape index (κ3) is 10.3. The molecule has 1 fully saturated rings. The molecule has 0 spiro atoms. The first-order chi connectivity index (χ1) is 14.6. The molecule has 0 aromatic rings. The number of nitrogens with two attached hydrogens (primary N) is 1. The fourth-order valence-electron chi connectivity index (χ4n) is 2.72. The van der Waals surface area contributed by atoms with Gasteiger partial charge in [-0.2, -0.15) is 8.42 Å². The smallest absolute Gasteiger partial charge is 0.397 e. The second-order valence-electron chi connectivity index (χ2n) is 6.56. The molecule has 5 atom stereocenters. The van der Waals surface area contributed by atoms with E-state index < -0.39 is 67.3 Å². The number of rotatable bonds is 14. The molecule has 0 unspecified atom stereocenters. The molecule has 0 amide bonds. The lowest BCUT2D eigenvalue weighted by Crippen LogP contribution is -2.64. The number of sulfone groups is 1. The lowest BCUT2D eigenvalue weighted by molar-refractivity contribution is -0.346. The summed E-state index contributed by atoms with van der Waals surface area (Å²) in [6, 6.07) is 0. The van der Waals surface area contributed by atoms with E-state index in [4.69, 9.17) is 19.8 Å². The number of carbonyl (C=O) groups excluding carboxylic acids is 1. The number of aliphatic carboxylic acids is 1. The van der Waals surface area contributed by atoms with Crippen molar-refractivity contribution in [3.05, 3.63) is 0 Å². The predicted molar refractivity (Wildman–Crippen MR) is 98.2 cm³/mol. The average Bonchev–Trinajstić information content (AvgIpc) is 2.60. The highest BCUT2D eigenvalue weighted by molar-refractivity contribution is 7.91. The maximum absolute atomic E-state index is 11.6. The lowest BCUT2D eigenvalue weighted by atomic mass is 9.99. The molecule has 190 valence electrons. The van der Waals surface area contributed by atoms with E-state index >= 15 is 0 Å². The fourth-order valence-corrected chi connectivity index (χ4v) is 4.90. The minimum atomic E-state index is -5.60. The third-order valence-electron chi connectivity index (χ3n) is 4.03. The summed E-state index contributed by atoms with van der Waals surface area (Å²) in [5, 5.41) is 21.4. The number of carboxylic acids is 1. The molecule has 0 radical (unpaired) electrons. The summed E-state index contributed by atoms with van der Waals surface area (Å²) in [6.07, 6.45) is -10.9. The van der Waals surface area contributed by atoms with Crippen LogP contribution in [0.4, 0.5) is 0 Å². The first-order valence-electron chi connectivity index (χ1n) is 8.92. The Balaban J connectivity index is 2.85. The second kappa shape index (κ2) is 11.9. The van der Waals surface area contributed by atoms with E-state index in [-0.39, 0.29) is 37.5 Å². The topological polar surface area (TPSA) is 269 Å². The molecule has 0 aliphatic carbocycles. The van der Waals surface area contributed by atoms with Crippen LogP contribution in [0.2, 0.25) is 0 Å². The van der Waals surface area contributed by atoms with Gasteiger partial charge in [0.1, 0.15) is 18.3 Å². The highest BCUT2D eigenvalue weighted by Gasteiger charge is 2.50. The average molecular weight is 530 g/mol. The van der Waals surface area contributed by atoms with Crippen molar-refractivity contribution >= 4 is 36.6 Å². The molecule has 32 heavy (non-hydrogen) atoms. The van der Waals surface area contributed by atoms with E-state index in [1.165, 1.54) is 0 Å². The van der Waals surface area contributed by atoms with Gasteiger partial charge in [-0.05, 0) is 12.8 Å². The fraction of sp³-hybridized carbons (Fsp3) is 0.923. The molecule has 1 aliphatic heterocycles. The summed E-state index contributed by atoms with van der Waals surface area (Å²) < 4.78 is 105. The Bertz CT molecular complexity index is 932. The molecule has 1 rings (SSSR count). The third-order valence-corrected chi connectivity index (χ3v) is 6.72. The van der Waals surface area contributed by atoms with Crippen molar-refractivity contribution in [3.8, 4) is 0 Å². The number of carbonyl (C=O) groups is 1. The second-order valence-corrected chi connectivity index (χ2v) is 10.9. The van der Waals surface area contributed by atoms with E-state index in [1.807, 2.05) is 0 Å². The molecule has 0 bridgehead atoms. The van der Waals surface area contributed by atoms with Crippen molar-refractivity contribution in [2.24, 2.45) is 5.73 Å². The standard InChI is InChI=1S/C13H25NO15S3/c14-4-7-30(18,19)6-3-1-2-5-26-13-10(29-32(23,24)25)8(15)9(28-31(20,21)22)11(27-13)12(16)17/h8-11,13,15H,1-7,14H2,(H,16,17)(H,20,21,22)(H,23,24,25)/p-2/t8-,9-,10+,11+,13+/m0/s1. The minimum absolute atomic E-state index is 0.0279. The van der Waals surface area contributed by atoms with E-state index in [1.54, 1.807) is 0 Å². The summed E-state index contributed by atoms with van der Waals surface area (Å²) in [6.45, 7) is -0.315. The van der Waals surface area contributed by atoms with Crippen LogP contribution in [-0.4, -0.2) is 101 Å². The van der Waals surface area contributed by atoms with Crippen LogP contribution in [-0.2, 0) is 53.3 Å². The molecule has 1 saturated heterocycles. The zero-order valence-corrected chi connectivity index (χ0v) is 18.8. The van der Waals surface area contributed by atoms with Gasteiger partial charge >= 0.3 is 10.4 Å². The predicted octanol–water partition coefficient (Wildman–Crippen LogP) is -4.58. The van der Waals surface area contributed by atoms with Crippen LogP contribution < -0.4 is 10.8 Å². The van der Waals surface area contributed by atoms with Crippen molar-refractivity contribution in [2.75, 3.05) is 24.7 Å². The SMILES string of the molecule is NCCS(=O)(=O)CCCCCO[C@@H]1O[C@@H](C(=O)[O-])[C@@H](OS(=O)(=O)[O-])[C@H](O)[C@H]1OS(=O)(=O)O. The normalized spacial score (nSPS) is 27.3. The van der Waals surface area contributed by atoms with E-state index in [0.717, 1.165) is 0 Å². The van der Waals surface area contributed by atoms with Crippen molar-refractivity contribution in [1.29, 1.82) is 0 Å². The Kier molecular flexibility index (Phi) is 10.8. The number of aliphatic hydroxyl groups excluding tert-OH is 1. The van der Waals surface area contributed by atoms with E-state index in [0.29, 0.717) is 6.42 Å². The first-order valence-corrected chi connectivity index (χ1v) is 13.4. The summed E-state index contributed by atoms with van der Waals surface area (Å²) >= 11 is 0. The number of hydrogen-bond donors (Lipinski definition) is 3. The Morgan fingerprint density at radius 3 is 2.12 bits per heavy atom. The van der Waals surface area contributed by atoms with Crippen LogP contribution in [0.1, 0.15) is 19.3 Å². The monoisotopic (exact) mass is 529 g/mol. The molecule has 1 heterocycles. The zero-order chi connectivity index (χ0) is 24.7. The van der Waals surface area contributed by atoms with Gasteiger partial charge in [0.05, 0.1) is 17.5 Å². The number of carboxylic acid groups (broad SMARTS) is 1. The van der Waals surface area contributed by atoms with Crippen molar-refractivity contribution in [3.63, 3.8) is 0 Å². The highest BCUT2D eigenvalue weighted by Crippen LogP contribution is 2.28. The molecule has 1 aliphatic rings. The van der Waals surface area contributed by atoms with Gasteiger partial charge in [-0.1, -0.05) is 6.42 Å². The number of aliphatic hydroxyl groups is 1. The quantitative estimate of drug-likeness (QED) is 0.108. The molecule has 0 saturated carbocycles. The number of unbranched alkanes of at least 4 members (excludes halogenated alkanes) is 2. The summed E-state index contributed by atoms with van der Waals surface area (Å²) in [4.78, 5) is 11.2. The Morgan fingerprint density at radius 2 is 1.62 bits per heavy atom. The van der Waals surface area contributed by atoms with Crippen LogP contribution in [0, 0.1) is 0 Å². The summed E-state index contributed by atoms with van der Waals surface area (Å²) in [5.74, 6) is -2.47. The van der Waals surface area contributed by atoms with Crippen LogP contribution in [0.3, 0.4) is 0 Å². The maximum atomic E-state index is 11.6. The van der Waals surface area contributed by atoms with Crippen LogP contribution in [0.15, 0.2) is 0 Å². The molecular weight excluding hydrogens is 506 g/mol. The molecule has 0 aromatic carbocycles. The number of ether oxygens (including phenoxy) is 2. The van der Waals surface area contributed by atoms with Gasteiger partial charge in [0.2, 0.25) is 10.4 Å². The van der Waals surface area contributed by atoms with Gasteiger partial charge in [0.15, 0.2) is 22.2 Å². The van der Waals surface area contributed by atoms with Crippen LogP contribution in [0.5, 0.6) is 0 Å². The maximum Gasteiger partial charge on any atom is 0.397 e. The first kappa shape index (κ1) is 29.0. The Labute approximate surface area is 184 Å². The van der Waals surface area contributed by atoms with Gasteiger partial charge in [-0.15, -0.1) is 0 Å². The van der Waals surface area contributed by atoms with Crippen molar-refractivity contribution in [2.45, 2.75) is 50.0 Å². The van der Waals surface area contributed by atoms with Gasteiger partial charge in [-0.25, -0.2) is 21.0 Å². The molecule has 16 nitrogen and oxygen atoms in total. The summed E-state index contributed by atoms with van der Waals surface area (Å²) in [7, 11) is -14.2. The van der Waals surface area contributed by atoms with Crippen molar-refractivity contribution < 1.29 is 67.2 Å². The minimum Gasteiger partial charge on any atom is -0.726 e. The highest BCUT2D eigenvalue weighted by atomic mass is 32.3. The lowest BCUT2D eigenvalue weighted by Gasteiger charge is -2.43. The van der Waals surface area contributed by atoms with Crippen LogP contribution >= 0.6 is 0 Å². The zero-order valence-electron chi connectivity index (χ0n) is 16.3. The Hall–Kier alpha value is -1.00. The molecular formula is C13H23NO15S3-2. The molecule has 0 aromatic heterocycles. The Morgan fingerprint density at radius 1 is 1.00 bits per heavy atom. The van der Waals surface area contributed by atoms with E-state index in [9.17, 15) is 44.8 Å². The number of hydrogen-bond acceptors (Lipinski definition) is 15. The van der Waals surface area contributed by atoms with Gasteiger partial charge < -0.3 is 34.8 Å². The molecule has 4 N–H and O–H groups in total. The summed E-state index contributed by atoms with van der Waals surface area (Å²) in [5.41, 5.74) is 5.18. The van der Waals surface area contributed by atoms with Gasteiger partial charge in [0, 0.05) is 13.2 Å².